The van der Waals surface area contributed by atoms with Crippen LogP contribution in [0.5, 0.6) is 0 Å². The highest BCUT2D eigenvalue weighted by atomic mass is 16.6. The normalized spacial score (nSPS) is 10.6. The first kappa shape index (κ1) is 22.2. The van der Waals surface area contributed by atoms with Crippen molar-refractivity contribution in [2.75, 3.05) is 11.4 Å². The summed E-state index contributed by atoms with van der Waals surface area (Å²) in [6.07, 6.45) is 4.68. The van der Waals surface area contributed by atoms with Crippen molar-refractivity contribution in [1.29, 1.82) is 0 Å². The number of para-hydroxylation sites is 1. The summed E-state index contributed by atoms with van der Waals surface area (Å²) in [4.78, 5) is 30.1. The molecule has 0 bridgehead atoms. The van der Waals surface area contributed by atoms with E-state index in [1.165, 1.54) is 0 Å². The molecule has 0 atom stereocenters. The third-order valence-electron chi connectivity index (χ3n) is 4.97. The maximum atomic E-state index is 12.9. The molecule has 0 radical (unpaired) electrons. The summed E-state index contributed by atoms with van der Waals surface area (Å²) in [6.45, 7) is 0.688. The van der Waals surface area contributed by atoms with Crippen molar-refractivity contribution in [3.63, 3.8) is 0 Å². The molecule has 7 nitrogen and oxygen atoms in total. The fraction of sp³-hybridized carbons (Fsp3) is 0.292. The fourth-order valence-corrected chi connectivity index (χ4v) is 3.29. The van der Waals surface area contributed by atoms with Crippen molar-refractivity contribution in [2.24, 2.45) is 0 Å². The van der Waals surface area contributed by atoms with E-state index in [0.717, 1.165) is 35.7 Å². The second-order valence-corrected chi connectivity index (χ2v) is 7.28. The van der Waals surface area contributed by atoms with Gasteiger partial charge in [0.05, 0.1) is 17.4 Å². The van der Waals surface area contributed by atoms with Crippen molar-refractivity contribution < 1.29 is 19.5 Å². The summed E-state index contributed by atoms with van der Waals surface area (Å²) in [5.74, 6) is -0.381. The van der Waals surface area contributed by atoms with E-state index in [4.69, 9.17) is 9.94 Å². The molecule has 7 heteroatoms. The second-order valence-electron chi connectivity index (χ2n) is 7.28. The number of benzene rings is 2. The number of carbonyl (C=O) groups excluding carboxylic acids is 2. The molecule has 0 saturated heterocycles. The lowest BCUT2D eigenvalue weighted by Crippen LogP contribution is -2.32. The Kier molecular flexibility index (Phi) is 8.37. The summed E-state index contributed by atoms with van der Waals surface area (Å²) >= 11 is 0. The topological polar surface area (TPSA) is 91.8 Å². The first-order chi connectivity index (χ1) is 15.2. The highest BCUT2D eigenvalue weighted by Gasteiger charge is 2.18. The third-order valence-corrected chi connectivity index (χ3v) is 4.97. The highest BCUT2D eigenvalue weighted by Crippen LogP contribution is 2.22. The van der Waals surface area contributed by atoms with Gasteiger partial charge in [-0.1, -0.05) is 61.4 Å². The van der Waals surface area contributed by atoms with Crippen molar-refractivity contribution in [3.05, 3.63) is 72.4 Å². The zero-order valence-corrected chi connectivity index (χ0v) is 17.4. The van der Waals surface area contributed by atoms with Crippen LogP contribution < -0.4 is 10.4 Å². The molecule has 0 aliphatic carbocycles. The highest BCUT2D eigenvalue weighted by molar-refractivity contribution is 5.91. The molecule has 0 spiro atoms. The standard InChI is InChI=1S/C24H27N3O4/c28-23(26-30)14-6-1-2-9-15-27(24(29)31-18-19-10-4-3-5-11-19)21-16-20-12-7-8-13-22(20)25-17-21/h3-5,7-8,10-13,16-17,30H,1-2,6,9,14-15,18H2,(H,26,28). The summed E-state index contributed by atoms with van der Waals surface area (Å²) < 4.78 is 5.56. The lowest BCUT2D eigenvalue weighted by molar-refractivity contribution is -0.129. The number of amides is 2. The number of carbonyl (C=O) groups is 2. The number of hydrogen-bond donors (Lipinski definition) is 2. The minimum Gasteiger partial charge on any atom is -0.444 e. The molecular formula is C24H27N3O4. The Labute approximate surface area is 181 Å². The summed E-state index contributed by atoms with van der Waals surface area (Å²) in [7, 11) is 0. The Morgan fingerprint density at radius 2 is 1.71 bits per heavy atom. The second kappa shape index (κ2) is 11.7. The van der Waals surface area contributed by atoms with Crippen LogP contribution >= 0.6 is 0 Å². The van der Waals surface area contributed by atoms with Crippen LogP contribution in [0.25, 0.3) is 10.9 Å². The van der Waals surface area contributed by atoms with Crippen LogP contribution in [0, 0.1) is 0 Å². The van der Waals surface area contributed by atoms with Gasteiger partial charge < -0.3 is 4.74 Å². The molecule has 31 heavy (non-hydrogen) atoms. The van der Waals surface area contributed by atoms with E-state index >= 15 is 0 Å². The van der Waals surface area contributed by atoms with Crippen LogP contribution in [0.3, 0.4) is 0 Å². The third kappa shape index (κ3) is 6.79. The smallest absolute Gasteiger partial charge is 0.414 e. The molecule has 3 aromatic rings. The zero-order chi connectivity index (χ0) is 21.9. The summed E-state index contributed by atoms with van der Waals surface area (Å²) in [5, 5.41) is 9.50. The first-order valence-corrected chi connectivity index (χ1v) is 10.4. The van der Waals surface area contributed by atoms with Gasteiger partial charge in [0.1, 0.15) is 6.61 Å². The predicted octanol–water partition coefficient (Wildman–Crippen LogP) is 4.83. The Balaban J connectivity index is 1.64. The van der Waals surface area contributed by atoms with E-state index in [2.05, 4.69) is 4.98 Å². The Bertz CT molecular complexity index is 994. The number of aromatic nitrogens is 1. The number of anilines is 1. The van der Waals surface area contributed by atoms with Gasteiger partial charge in [0.15, 0.2) is 0 Å². The van der Waals surface area contributed by atoms with Gasteiger partial charge in [-0.05, 0) is 30.5 Å². The molecule has 0 fully saturated rings. The predicted molar refractivity (Wildman–Crippen MR) is 119 cm³/mol. The maximum Gasteiger partial charge on any atom is 0.414 e. The van der Waals surface area contributed by atoms with Gasteiger partial charge in [-0.15, -0.1) is 0 Å². The zero-order valence-electron chi connectivity index (χ0n) is 17.4. The number of fused-ring (bicyclic) bond motifs is 1. The van der Waals surface area contributed by atoms with Crippen LogP contribution in [0.15, 0.2) is 66.9 Å². The molecule has 0 aliphatic rings. The van der Waals surface area contributed by atoms with Gasteiger partial charge in [-0.3, -0.25) is 19.9 Å². The van der Waals surface area contributed by atoms with Gasteiger partial charge in [0.2, 0.25) is 5.91 Å². The molecule has 1 aromatic heterocycles. The molecule has 162 valence electrons. The number of hydrogen-bond acceptors (Lipinski definition) is 5. The van der Waals surface area contributed by atoms with E-state index in [1.54, 1.807) is 16.6 Å². The van der Waals surface area contributed by atoms with Gasteiger partial charge in [0, 0.05) is 18.4 Å². The summed E-state index contributed by atoms with van der Waals surface area (Å²) in [6, 6.07) is 19.3. The van der Waals surface area contributed by atoms with Crippen molar-refractivity contribution >= 4 is 28.6 Å². The molecule has 1 heterocycles. The number of nitrogens with one attached hydrogen (secondary N) is 1. The number of pyridine rings is 1. The molecule has 2 aromatic carbocycles. The van der Waals surface area contributed by atoms with Crippen LogP contribution in [-0.2, 0) is 16.1 Å². The van der Waals surface area contributed by atoms with Crippen LogP contribution in [0.4, 0.5) is 10.5 Å². The number of hydroxylamine groups is 1. The van der Waals surface area contributed by atoms with Crippen LogP contribution in [0.2, 0.25) is 0 Å². The largest absolute Gasteiger partial charge is 0.444 e. The number of rotatable bonds is 10. The summed E-state index contributed by atoms with van der Waals surface area (Å²) in [5.41, 5.74) is 4.12. The van der Waals surface area contributed by atoms with E-state index in [-0.39, 0.29) is 18.9 Å². The van der Waals surface area contributed by atoms with E-state index < -0.39 is 6.09 Å². The Morgan fingerprint density at radius 3 is 2.52 bits per heavy atom. The molecule has 2 amide bonds. The number of unbranched alkanes of at least 4 members (excludes halogenated alkanes) is 3. The maximum absolute atomic E-state index is 12.9. The molecule has 0 aliphatic heterocycles. The number of ether oxygens (including phenoxy) is 1. The van der Waals surface area contributed by atoms with Crippen molar-refractivity contribution in [2.45, 2.75) is 38.7 Å². The fourth-order valence-electron chi connectivity index (χ4n) is 3.29. The molecule has 2 N–H and O–H groups in total. The Morgan fingerprint density at radius 1 is 0.968 bits per heavy atom. The average Bonchev–Trinajstić information content (AvgIpc) is 2.82. The van der Waals surface area contributed by atoms with Gasteiger partial charge in [-0.25, -0.2) is 10.3 Å². The van der Waals surface area contributed by atoms with Gasteiger partial charge in [0.25, 0.3) is 0 Å². The lowest BCUT2D eigenvalue weighted by atomic mass is 10.1. The van der Waals surface area contributed by atoms with Gasteiger partial charge >= 0.3 is 6.09 Å². The van der Waals surface area contributed by atoms with Crippen molar-refractivity contribution in [1.82, 2.24) is 10.5 Å². The van der Waals surface area contributed by atoms with E-state index in [9.17, 15) is 9.59 Å². The Hall–Kier alpha value is -3.45. The molecular weight excluding hydrogens is 394 g/mol. The lowest BCUT2D eigenvalue weighted by Gasteiger charge is -2.22. The minimum atomic E-state index is -0.416. The van der Waals surface area contributed by atoms with E-state index in [1.807, 2.05) is 60.7 Å². The molecule has 0 saturated carbocycles. The first-order valence-electron chi connectivity index (χ1n) is 10.4. The quantitative estimate of drug-likeness (QED) is 0.278. The van der Waals surface area contributed by atoms with E-state index in [0.29, 0.717) is 18.7 Å². The molecule has 3 rings (SSSR count). The SMILES string of the molecule is O=C(CCCCCCN(C(=O)OCc1ccccc1)c1cnc2ccccc2c1)NO. The monoisotopic (exact) mass is 421 g/mol. The molecule has 0 unspecified atom stereocenters. The number of nitrogens with zero attached hydrogens (tertiary/aromatic N) is 2. The van der Waals surface area contributed by atoms with Crippen LogP contribution in [-0.4, -0.2) is 28.7 Å². The van der Waals surface area contributed by atoms with Crippen molar-refractivity contribution in [3.8, 4) is 0 Å². The average molecular weight is 421 g/mol. The van der Waals surface area contributed by atoms with Crippen LogP contribution in [0.1, 0.15) is 37.7 Å². The van der Waals surface area contributed by atoms with Gasteiger partial charge in [-0.2, -0.15) is 0 Å². The minimum absolute atomic E-state index is 0.202.